The number of hydrogen-bond donors (Lipinski definition) is 1. The quantitative estimate of drug-likeness (QED) is 0.905. The van der Waals surface area contributed by atoms with Gasteiger partial charge in [-0.2, -0.15) is 4.37 Å². The Kier molecular flexibility index (Phi) is 3.04. The highest BCUT2D eigenvalue weighted by Crippen LogP contribution is 2.39. The van der Waals surface area contributed by atoms with Gasteiger partial charge < -0.3 is 5.32 Å². The molecule has 0 spiro atoms. The van der Waals surface area contributed by atoms with Crippen LogP contribution in [0.2, 0.25) is 0 Å². The standard InChI is InChI=1S/C14H17N3S/c1-9-3-5-11(6-4-9)10(2)15-14-16-13(17-18-14)12-7-8-12/h3-6,10,12H,7-8H2,1-2H3,(H,15,16,17). The molecule has 1 saturated carbocycles. The largest absolute Gasteiger partial charge is 0.354 e. The van der Waals surface area contributed by atoms with Crippen molar-refractivity contribution < 1.29 is 0 Å². The zero-order chi connectivity index (χ0) is 12.5. The molecule has 1 fully saturated rings. The van der Waals surface area contributed by atoms with Crippen LogP contribution in [0.3, 0.4) is 0 Å². The topological polar surface area (TPSA) is 37.8 Å². The predicted octanol–water partition coefficient (Wildman–Crippen LogP) is 3.90. The van der Waals surface area contributed by atoms with Crippen molar-refractivity contribution in [2.45, 2.75) is 38.6 Å². The molecule has 94 valence electrons. The number of hydrogen-bond acceptors (Lipinski definition) is 4. The van der Waals surface area contributed by atoms with E-state index in [4.69, 9.17) is 0 Å². The monoisotopic (exact) mass is 259 g/mol. The fourth-order valence-electron chi connectivity index (χ4n) is 1.92. The van der Waals surface area contributed by atoms with Crippen LogP contribution in [0.25, 0.3) is 0 Å². The van der Waals surface area contributed by atoms with Crippen LogP contribution in [0, 0.1) is 6.92 Å². The van der Waals surface area contributed by atoms with E-state index in [-0.39, 0.29) is 6.04 Å². The van der Waals surface area contributed by atoms with Crippen molar-refractivity contribution in [1.82, 2.24) is 9.36 Å². The van der Waals surface area contributed by atoms with E-state index in [0.29, 0.717) is 5.92 Å². The van der Waals surface area contributed by atoms with Gasteiger partial charge in [-0.15, -0.1) is 0 Å². The summed E-state index contributed by atoms with van der Waals surface area (Å²) in [5.41, 5.74) is 2.57. The number of aryl methyl sites for hydroxylation is 1. The van der Waals surface area contributed by atoms with Crippen LogP contribution in [0.15, 0.2) is 24.3 Å². The molecule has 0 aliphatic heterocycles. The van der Waals surface area contributed by atoms with Crippen LogP contribution >= 0.6 is 11.5 Å². The van der Waals surface area contributed by atoms with Gasteiger partial charge in [0.15, 0.2) is 0 Å². The molecule has 1 aromatic carbocycles. The maximum absolute atomic E-state index is 4.55. The van der Waals surface area contributed by atoms with Crippen molar-refractivity contribution in [3.63, 3.8) is 0 Å². The van der Waals surface area contributed by atoms with Crippen molar-refractivity contribution in [2.75, 3.05) is 5.32 Å². The first kappa shape index (κ1) is 11.7. The summed E-state index contributed by atoms with van der Waals surface area (Å²) in [5.74, 6) is 1.66. The average molecular weight is 259 g/mol. The molecule has 2 aromatic rings. The van der Waals surface area contributed by atoms with E-state index >= 15 is 0 Å². The number of nitrogens with one attached hydrogen (secondary N) is 1. The molecule has 3 nitrogen and oxygen atoms in total. The molecule has 0 radical (unpaired) electrons. The number of nitrogens with zero attached hydrogens (tertiary/aromatic N) is 2. The Bertz CT molecular complexity index is 528. The Balaban J connectivity index is 1.68. The third kappa shape index (κ3) is 2.53. The van der Waals surface area contributed by atoms with Gasteiger partial charge in [-0.05, 0) is 32.3 Å². The molecule has 0 amide bonds. The van der Waals surface area contributed by atoms with Crippen molar-refractivity contribution in [3.8, 4) is 0 Å². The molecule has 1 N–H and O–H groups in total. The zero-order valence-corrected chi connectivity index (χ0v) is 11.5. The maximum atomic E-state index is 4.55. The fraction of sp³-hybridized carbons (Fsp3) is 0.429. The lowest BCUT2D eigenvalue weighted by atomic mass is 10.1. The maximum Gasteiger partial charge on any atom is 0.203 e. The van der Waals surface area contributed by atoms with E-state index in [1.165, 1.54) is 35.5 Å². The minimum Gasteiger partial charge on any atom is -0.354 e. The van der Waals surface area contributed by atoms with Crippen LogP contribution < -0.4 is 5.32 Å². The Morgan fingerprint density at radius 2 is 2.00 bits per heavy atom. The Hall–Kier alpha value is -1.42. The first-order chi connectivity index (χ1) is 8.72. The third-order valence-corrected chi connectivity index (χ3v) is 3.96. The van der Waals surface area contributed by atoms with Gasteiger partial charge >= 0.3 is 0 Å². The highest BCUT2D eigenvalue weighted by molar-refractivity contribution is 7.09. The third-order valence-electron chi connectivity index (χ3n) is 3.30. The molecule has 3 rings (SSSR count). The molecule has 0 bridgehead atoms. The van der Waals surface area contributed by atoms with Gasteiger partial charge in [-0.25, -0.2) is 4.98 Å². The fourth-order valence-corrected chi connectivity index (χ4v) is 2.66. The lowest BCUT2D eigenvalue weighted by Crippen LogP contribution is -2.06. The summed E-state index contributed by atoms with van der Waals surface area (Å²) in [6, 6.07) is 8.88. The molecule has 1 unspecified atom stereocenters. The zero-order valence-electron chi connectivity index (χ0n) is 10.7. The summed E-state index contributed by atoms with van der Waals surface area (Å²) in [6.07, 6.45) is 2.51. The molecule has 1 atom stereocenters. The molecule has 1 aliphatic carbocycles. The Labute approximate surface area is 111 Å². The molecule has 1 aromatic heterocycles. The molecular formula is C14H17N3S. The van der Waals surface area contributed by atoms with Gasteiger partial charge in [-0.3, -0.25) is 0 Å². The van der Waals surface area contributed by atoms with Crippen molar-refractivity contribution in [2.24, 2.45) is 0 Å². The van der Waals surface area contributed by atoms with Crippen LogP contribution in [-0.2, 0) is 0 Å². The van der Waals surface area contributed by atoms with Crippen LogP contribution in [0.4, 0.5) is 5.13 Å². The molecule has 0 saturated heterocycles. The van der Waals surface area contributed by atoms with Gasteiger partial charge in [-0.1, -0.05) is 29.8 Å². The smallest absolute Gasteiger partial charge is 0.203 e. The Morgan fingerprint density at radius 3 is 2.67 bits per heavy atom. The van der Waals surface area contributed by atoms with Crippen molar-refractivity contribution >= 4 is 16.7 Å². The number of rotatable bonds is 4. The second-order valence-corrected chi connectivity index (χ2v) is 5.76. The van der Waals surface area contributed by atoms with Gasteiger partial charge in [0.1, 0.15) is 5.82 Å². The van der Waals surface area contributed by atoms with Crippen LogP contribution in [0.1, 0.15) is 48.7 Å². The SMILES string of the molecule is Cc1ccc(C(C)Nc2nc(C3CC3)ns2)cc1. The highest BCUT2D eigenvalue weighted by atomic mass is 32.1. The van der Waals surface area contributed by atoms with Gasteiger partial charge in [0.05, 0.1) is 6.04 Å². The molecule has 4 heteroatoms. The van der Waals surface area contributed by atoms with E-state index in [0.717, 1.165) is 11.0 Å². The summed E-state index contributed by atoms with van der Waals surface area (Å²) in [4.78, 5) is 4.55. The molecular weight excluding hydrogens is 242 g/mol. The summed E-state index contributed by atoms with van der Waals surface area (Å²) in [6.45, 7) is 4.26. The number of aromatic nitrogens is 2. The van der Waals surface area contributed by atoms with Gasteiger partial charge in [0, 0.05) is 17.5 Å². The minimum atomic E-state index is 0.269. The first-order valence-electron chi connectivity index (χ1n) is 6.39. The minimum absolute atomic E-state index is 0.269. The van der Waals surface area contributed by atoms with Crippen LogP contribution in [0.5, 0.6) is 0 Å². The molecule has 1 heterocycles. The highest BCUT2D eigenvalue weighted by Gasteiger charge is 2.27. The van der Waals surface area contributed by atoms with Crippen LogP contribution in [-0.4, -0.2) is 9.36 Å². The number of anilines is 1. The van der Waals surface area contributed by atoms with Gasteiger partial charge in [0.2, 0.25) is 5.13 Å². The van der Waals surface area contributed by atoms with Crippen molar-refractivity contribution in [1.29, 1.82) is 0 Å². The summed E-state index contributed by atoms with van der Waals surface area (Å²) in [5, 5.41) is 4.36. The second-order valence-electron chi connectivity index (χ2n) is 5.01. The van der Waals surface area contributed by atoms with E-state index in [2.05, 4.69) is 52.8 Å². The lowest BCUT2D eigenvalue weighted by molar-refractivity contribution is 0.874. The normalized spacial score (nSPS) is 16.6. The van der Waals surface area contributed by atoms with E-state index in [9.17, 15) is 0 Å². The summed E-state index contributed by atoms with van der Waals surface area (Å²) in [7, 11) is 0. The second kappa shape index (κ2) is 4.69. The predicted molar refractivity (Wildman–Crippen MR) is 75.1 cm³/mol. The summed E-state index contributed by atoms with van der Waals surface area (Å²) >= 11 is 1.47. The average Bonchev–Trinajstić information content (AvgIpc) is 3.11. The Morgan fingerprint density at radius 1 is 1.28 bits per heavy atom. The van der Waals surface area contributed by atoms with Gasteiger partial charge in [0.25, 0.3) is 0 Å². The van der Waals surface area contributed by atoms with E-state index < -0.39 is 0 Å². The number of benzene rings is 1. The van der Waals surface area contributed by atoms with Crippen molar-refractivity contribution in [3.05, 3.63) is 41.2 Å². The molecule has 18 heavy (non-hydrogen) atoms. The summed E-state index contributed by atoms with van der Waals surface area (Å²) < 4.78 is 4.41. The molecule has 1 aliphatic rings. The van der Waals surface area contributed by atoms with E-state index in [1.807, 2.05) is 0 Å². The first-order valence-corrected chi connectivity index (χ1v) is 7.16. The lowest BCUT2D eigenvalue weighted by Gasteiger charge is -2.12. The van der Waals surface area contributed by atoms with E-state index in [1.54, 1.807) is 0 Å².